The molecule has 0 spiro atoms. The van der Waals surface area contributed by atoms with Crippen LogP contribution < -0.4 is 0 Å². The van der Waals surface area contributed by atoms with E-state index in [9.17, 15) is 17.6 Å². The molecule has 0 amide bonds. The van der Waals surface area contributed by atoms with Crippen LogP contribution in [0.25, 0.3) is 0 Å². The summed E-state index contributed by atoms with van der Waals surface area (Å²) in [5, 5.41) is 6.31. The number of rotatable bonds is 4. The summed E-state index contributed by atoms with van der Waals surface area (Å²) in [4.78, 5) is 3.97. The molecule has 1 heterocycles. The van der Waals surface area contributed by atoms with Crippen molar-refractivity contribution in [3.63, 3.8) is 0 Å². The number of nitrogens with one attached hydrogen (secondary N) is 1. The lowest BCUT2D eigenvalue weighted by atomic mass is 10.1. The van der Waals surface area contributed by atoms with Crippen LogP contribution in [0.1, 0.15) is 23.6 Å². The van der Waals surface area contributed by atoms with Crippen LogP contribution >= 0.6 is 0 Å². The van der Waals surface area contributed by atoms with Gasteiger partial charge >= 0.3 is 6.18 Å². The molecule has 0 saturated heterocycles. The third-order valence-corrected chi connectivity index (χ3v) is 2.49. The number of halogens is 4. The Labute approximate surface area is 106 Å². The Balaban J connectivity index is 1.95. The number of alkyl halides is 3. The third kappa shape index (κ3) is 4.35. The molecular formula is C12H11F4N3. The highest BCUT2D eigenvalue weighted by atomic mass is 19.4. The lowest BCUT2D eigenvalue weighted by Gasteiger charge is -2.02. The predicted octanol–water partition coefficient (Wildman–Crippen LogP) is 3.03. The molecule has 0 aliphatic heterocycles. The van der Waals surface area contributed by atoms with Gasteiger partial charge in [-0.1, -0.05) is 12.1 Å². The highest BCUT2D eigenvalue weighted by molar-refractivity contribution is 5.19. The highest BCUT2D eigenvalue weighted by Gasteiger charge is 2.27. The summed E-state index contributed by atoms with van der Waals surface area (Å²) in [7, 11) is 0. The van der Waals surface area contributed by atoms with Crippen LogP contribution in [0.15, 0.2) is 24.3 Å². The molecule has 19 heavy (non-hydrogen) atoms. The molecule has 0 atom stereocenters. The van der Waals surface area contributed by atoms with Crippen molar-refractivity contribution >= 4 is 0 Å². The van der Waals surface area contributed by atoms with Crippen molar-refractivity contribution in [2.45, 2.75) is 25.4 Å². The number of benzene rings is 1. The zero-order chi connectivity index (χ0) is 13.9. The van der Waals surface area contributed by atoms with Gasteiger partial charge in [-0.3, -0.25) is 5.10 Å². The Morgan fingerprint density at radius 2 is 1.79 bits per heavy atom. The number of nitrogens with zero attached hydrogens (tertiary/aromatic N) is 2. The van der Waals surface area contributed by atoms with Crippen molar-refractivity contribution in [2.75, 3.05) is 0 Å². The minimum Gasteiger partial charge on any atom is -0.263 e. The van der Waals surface area contributed by atoms with Gasteiger partial charge < -0.3 is 0 Å². The highest BCUT2D eigenvalue weighted by Crippen LogP contribution is 2.21. The van der Waals surface area contributed by atoms with Gasteiger partial charge in [0.1, 0.15) is 11.6 Å². The Bertz CT molecular complexity index is 531. The second kappa shape index (κ2) is 5.38. The van der Waals surface area contributed by atoms with Crippen LogP contribution in [0.3, 0.4) is 0 Å². The van der Waals surface area contributed by atoms with Gasteiger partial charge in [-0.2, -0.15) is 18.3 Å². The molecule has 0 aliphatic carbocycles. The standard InChI is InChI=1S/C12H11F4N3/c13-9-3-1-8(2-4-9)7-11-17-10(18-19-11)5-6-12(14,15)16/h1-4H,5-7H2,(H,17,18,19). The largest absolute Gasteiger partial charge is 0.389 e. The molecule has 0 unspecified atom stereocenters. The van der Waals surface area contributed by atoms with Crippen LogP contribution in [-0.2, 0) is 12.8 Å². The SMILES string of the molecule is Fc1ccc(Cc2nc(CCC(F)(F)F)n[nH]2)cc1. The maximum Gasteiger partial charge on any atom is 0.389 e. The van der Waals surface area contributed by atoms with E-state index in [0.29, 0.717) is 12.2 Å². The maximum absolute atomic E-state index is 12.7. The van der Waals surface area contributed by atoms with Crippen LogP contribution in [0.4, 0.5) is 17.6 Å². The number of hydrogen-bond donors (Lipinski definition) is 1. The quantitative estimate of drug-likeness (QED) is 0.870. The fraction of sp³-hybridized carbons (Fsp3) is 0.333. The Hall–Kier alpha value is -1.92. The van der Waals surface area contributed by atoms with Crippen molar-refractivity contribution in [1.29, 1.82) is 0 Å². The summed E-state index contributed by atoms with van der Waals surface area (Å²) in [6, 6.07) is 5.81. The van der Waals surface area contributed by atoms with E-state index in [1.807, 2.05) is 0 Å². The van der Waals surface area contributed by atoms with Gasteiger partial charge in [-0.15, -0.1) is 0 Å². The smallest absolute Gasteiger partial charge is 0.263 e. The lowest BCUT2D eigenvalue weighted by Crippen LogP contribution is -2.09. The number of aromatic amines is 1. The van der Waals surface area contributed by atoms with Gasteiger partial charge in [0.15, 0.2) is 5.82 Å². The van der Waals surface area contributed by atoms with E-state index in [0.717, 1.165) is 5.56 Å². The van der Waals surface area contributed by atoms with Crippen molar-refractivity contribution in [2.24, 2.45) is 0 Å². The Morgan fingerprint density at radius 1 is 1.11 bits per heavy atom. The van der Waals surface area contributed by atoms with E-state index in [-0.39, 0.29) is 18.1 Å². The maximum atomic E-state index is 12.7. The molecule has 0 bridgehead atoms. The van der Waals surface area contributed by atoms with Crippen LogP contribution in [0.2, 0.25) is 0 Å². The summed E-state index contributed by atoms with van der Waals surface area (Å²) < 4.78 is 48.8. The molecule has 0 saturated carbocycles. The van der Waals surface area contributed by atoms with Gasteiger partial charge in [-0.05, 0) is 17.7 Å². The first-order valence-electron chi connectivity index (χ1n) is 5.64. The molecule has 102 valence electrons. The van der Waals surface area contributed by atoms with E-state index >= 15 is 0 Å². The molecule has 0 aliphatic rings. The molecule has 0 radical (unpaired) electrons. The molecule has 2 rings (SSSR count). The lowest BCUT2D eigenvalue weighted by molar-refractivity contribution is -0.134. The first kappa shape index (κ1) is 13.5. The molecular weight excluding hydrogens is 262 g/mol. The van der Waals surface area contributed by atoms with Crippen molar-refractivity contribution < 1.29 is 17.6 Å². The monoisotopic (exact) mass is 273 g/mol. The average molecular weight is 273 g/mol. The summed E-state index contributed by atoms with van der Waals surface area (Å²) in [6.45, 7) is 0. The number of H-pyrrole nitrogens is 1. The summed E-state index contributed by atoms with van der Waals surface area (Å²) in [5.74, 6) is 0.255. The fourth-order valence-electron chi connectivity index (χ4n) is 1.57. The second-order valence-electron chi connectivity index (χ2n) is 4.12. The van der Waals surface area contributed by atoms with Gasteiger partial charge in [0.2, 0.25) is 0 Å². The van der Waals surface area contributed by atoms with Crippen molar-refractivity contribution in [3.8, 4) is 0 Å². The summed E-state index contributed by atoms with van der Waals surface area (Å²) in [6.07, 6.45) is -5.03. The second-order valence-corrected chi connectivity index (χ2v) is 4.12. The fourth-order valence-corrected chi connectivity index (χ4v) is 1.57. The number of hydrogen-bond acceptors (Lipinski definition) is 2. The average Bonchev–Trinajstić information content (AvgIpc) is 2.77. The summed E-state index contributed by atoms with van der Waals surface area (Å²) in [5.41, 5.74) is 0.805. The molecule has 1 aromatic carbocycles. The molecule has 1 aromatic heterocycles. The van der Waals surface area contributed by atoms with Gasteiger partial charge in [0.25, 0.3) is 0 Å². The Kier molecular flexibility index (Phi) is 3.82. The van der Waals surface area contributed by atoms with Gasteiger partial charge in [0.05, 0.1) is 6.42 Å². The third-order valence-electron chi connectivity index (χ3n) is 2.49. The first-order valence-corrected chi connectivity index (χ1v) is 5.64. The predicted molar refractivity (Wildman–Crippen MR) is 60.0 cm³/mol. The van der Waals surface area contributed by atoms with Crippen molar-refractivity contribution in [1.82, 2.24) is 15.2 Å². The molecule has 2 aromatic rings. The number of aromatic nitrogens is 3. The summed E-state index contributed by atoms with van der Waals surface area (Å²) >= 11 is 0. The first-order chi connectivity index (χ1) is 8.92. The normalized spacial score (nSPS) is 11.8. The van der Waals surface area contributed by atoms with E-state index in [4.69, 9.17) is 0 Å². The van der Waals surface area contributed by atoms with Crippen LogP contribution in [0, 0.1) is 5.82 Å². The zero-order valence-electron chi connectivity index (χ0n) is 9.84. The van der Waals surface area contributed by atoms with E-state index < -0.39 is 12.6 Å². The minimum atomic E-state index is -4.21. The molecule has 3 nitrogen and oxygen atoms in total. The van der Waals surface area contributed by atoms with Crippen LogP contribution in [0.5, 0.6) is 0 Å². The van der Waals surface area contributed by atoms with Crippen molar-refractivity contribution in [3.05, 3.63) is 47.3 Å². The molecule has 0 fully saturated rings. The van der Waals surface area contributed by atoms with E-state index in [2.05, 4.69) is 15.2 Å². The number of aryl methyl sites for hydroxylation is 1. The molecule has 7 heteroatoms. The van der Waals surface area contributed by atoms with Gasteiger partial charge in [-0.25, -0.2) is 9.37 Å². The van der Waals surface area contributed by atoms with E-state index in [1.165, 1.54) is 12.1 Å². The van der Waals surface area contributed by atoms with Crippen LogP contribution in [-0.4, -0.2) is 21.4 Å². The minimum absolute atomic E-state index is 0.134. The van der Waals surface area contributed by atoms with Gasteiger partial charge in [0, 0.05) is 12.8 Å². The Morgan fingerprint density at radius 3 is 2.42 bits per heavy atom. The molecule has 1 N–H and O–H groups in total. The topological polar surface area (TPSA) is 41.6 Å². The zero-order valence-corrected chi connectivity index (χ0v) is 9.84. The van der Waals surface area contributed by atoms with E-state index in [1.54, 1.807) is 12.1 Å².